The highest BCUT2D eigenvalue weighted by molar-refractivity contribution is 5.89. The van der Waals surface area contributed by atoms with Crippen LogP contribution in [0.3, 0.4) is 0 Å². The van der Waals surface area contributed by atoms with E-state index in [4.69, 9.17) is 4.98 Å². The van der Waals surface area contributed by atoms with Crippen molar-refractivity contribution in [1.29, 1.82) is 0 Å². The van der Waals surface area contributed by atoms with Gasteiger partial charge in [-0.25, -0.2) is 4.98 Å². The second-order valence-corrected chi connectivity index (χ2v) is 12.6. The van der Waals surface area contributed by atoms with Crippen LogP contribution in [0.5, 0.6) is 0 Å². The zero-order valence-electron chi connectivity index (χ0n) is 26.9. The van der Waals surface area contributed by atoms with Crippen molar-refractivity contribution in [3.8, 4) is 55.9 Å². The summed E-state index contributed by atoms with van der Waals surface area (Å²) < 4.78 is 0. The van der Waals surface area contributed by atoms with E-state index in [1.807, 2.05) is 18.5 Å². The Morgan fingerprint density at radius 1 is 0.327 bits per heavy atom. The van der Waals surface area contributed by atoms with Crippen LogP contribution in [0, 0.1) is 0 Å². The topological polar surface area (TPSA) is 25.8 Å². The van der Waals surface area contributed by atoms with Crippen LogP contribution in [0.15, 0.2) is 194 Å². The number of pyridine rings is 2. The first-order chi connectivity index (χ1) is 24.3. The molecule has 0 aliphatic heterocycles. The van der Waals surface area contributed by atoms with Crippen LogP contribution in [-0.2, 0) is 5.41 Å². The van der Waals surface area contributed by atoms with E-state index in [1.165, 1.54) is 44.5 Å². The fourth-order valence-corrected chi connectivity index (χ4v) is 7.63. The Morgan fingerprint density at radius 2 is 0.878 bits per heavy atom. The molecule has 0 spiro atoms. The predicted molar refractivity (Wildman–Crippen MR) is 201 cm³/mol. The third-order valence-electron chi connectivity index (χ3n) is 9.86. The standard InChI is InChI=1S/C47H32N2/c1-4-13-33(14-5-1)38-31-45(34-15-6-2-7-16-34)49-46(32-38)37-18-12-17-35(29-37)36-23-24-42-41-21-10-11-22-43(41)47(44(42)30-36,39-19-8-3-9-20-39)40-25-27-48-28-26-40/h1-32H. The minimum Gasteiger partial charge on any atom is -0.265 e. The van der Waals surface area contributed by atoms with Crippen LogP contribution in [0.4, 0.5) is 0 Å². The molecule has 0 N–H and O–H groups in total. The van der Waals surface area contributed by atoms with E-state index >= 15 is 0 Å². The van der Waals surface area contributed by atoms with Crippen LogP contribution in [0.2, 0.25) is 0 Å². The number of aromatic nitrogens is 2. The fraction of sp³-hybridized carbons (Fsp3) is 0.0213. The van der Waals surface area contributed by atoms with E-state index in [9.17, 15) is 0 Å². The lowest BCUT2D eigenvalue weighted by Crippen LogP contribution is -2.28. The summed E-state index contributed by atoms with van der Waals surface area (Å²) in [5.74, 6) is 0. The van der Waals surface area contributed by atoms with Crippen LogP contribution in [0.1, 0.15) is 22.3 Å². The lowest BCUT2D eigenvalue weighted by atomic mass is 9.67. The summed E-state index contributed by atoms with van der Waals surface area (Å²) in [6.07, 6.45) is 3.82. The lowest BCUT2D eigenvalue weighted by Gasteiger charge is -2.34. The van der Waals surface area contributed by atoms with Crippen molar-refractivity contribution < 1.29 is 0 Å². The maximum absolute atomic E-state index is 5.22. The molecule has 2 heterocycles. The second-order valence-electron chi connectivity index (χ2n) is 12.6. The number of benzene rings is 6. The van der Waals surface area contributed by atoms with Crippen LogP contribution in [0.25, 0.3) is 55.9 Å². The molecule has 1 aliphatic carbocycles. The molecule has 2 aromatic heterocycles. The smallest absolute Gasteiger partial charge is 0.0715 e. The minimum absolute atomic E-state index is 0.472. The quantitative estimate of drug-likeness (QED) is 0.184. The summed E-state index contributed by atoms with van der Waals surface area (Å²) in [5, 5.41) is 0. The normalized spacial score (nSPS) is 14.6. The Labute approximate surface area is 287 Å². The molecule has 0 saturated carbocycles. The van der Waals surface area contributed by atoms with Gasteiger partial charge in [-0.1, -0.05) is 146 Å². The molecule has 0 amide bonds. The third-order valence-corrected chi connectivity index (χ3v) is 9.86. The monoisotopic (exact) mass is 624 g/mol. The van der Waals surface area contributed by atoms with Crippen molar-refractivity contribution in [2.75, 3.05) is 0 Å². The molecule has 1 atom stereocenters. The molecule has 2 heteroatoms. The molecule has 0 radical (unpaired) electrons. The number of hydrogen-bond donors (Lipinski definition) is 0. The van der Waals surface area contributed by atoms with Crippen LogP contribution >= 0.6 is 0 Å². The zero-order chi connectivity index (χ0) is 32.6. The van der Waals surface area contributed by atoms with Gasteiger partial charge in [-0.3, -0.25) is 4.98 Å². The van der Waals surface area contributed by atoms with Gasteiger partial charge in [-0.05, 0) is 92.0 Å². The Morgan fingerprint density at radius 3 is 1.63 bits per heavy atom. The summed E-state index contributed by atoms with van der Waals surface area (Å²) >= 11 is 0. The molecule has 1 unspecified atom stereocenters. The van der Waals surface area contributed by atoms with Crippen LogP contribution in [-0.4, -0.2) is 9.97 Å². The van der Waals surface area contributed by atoms with Gasteiger partial charge in [0.25, 0.3) is 0 Å². The predicted octanol–water partition coefficient (Wildman–Crippen LogP) is 11.5. The van der Waals surface area contributed by atoms with Crippen LogP contribution < -0.4 is 0 Å². The van der Waals surface area contributed by atoms with Gasteiger partial charge >= 0.3 is 0 Å². The molecule has 0 saturated heterocycles. The Kier molecular flexibility index (Phi) is 7.06. The molecular weight excluding hydrogens is 593 g/mol. The fourth-order valence-electron chi connectivity index (χ4n) is 7.63. The summed E-state index contributed by atoms with van der Waals surface area (Å²) in [4.78, 5) is 9.62. The minimum atomic E-state index is -0.472. The van der Waals surface area contributed by atoms with Gasteiger partial charge in [0, 0.05) is 23.5 Å². The summed E-state index contributed by atoms with van der Waals surface area (Å²) in [6.45, 7) is 0. The van der Waals surface area contributed by atoms with Crippen molar-refractivity contribution in [2.24, 2.45) is 0 Å². The number of rotatable bonds is 6. The Balaban J connectivity index is 1.22. The van der Waals surface area contributed by atoms with E-state index in [-0.39, 0.29) is 0 Å². The van der Waals surface area contributed by atoms with Crippen molar-refractivity contribution in [3.05, 3.63) is 217 Å². The average Bonchev–Trinajstić information content (AvgIpc) is 3.49. The molecule has 8 aromatic rings. The second kappa shape index (κ2) is 12.0. The first-order valence-electron chi connectivity index (χ1n) is 16.7. The SMILES string of the molecule is c1ccc(-c2cc(-c3ccccc3)nc(-c3cccc(-c4ccc5c(c4)C(c4ccccc4)(c4ccncc4)c4ccccc4-5)c3)c2)cc1. The van der Waals surface area contributed by atoms with Crippen molar-refractivity contribution in [3.63, 3.8) is 0 Å². The first-order valence-corrected chi connectivity index (χ1v) is 16.7. The summed E-state index contributed by atoms with van der Waals surface area (Å²) in [7, 11) is 0. The Bertz CT molecular complexity index is 2320. The van der Waals surface area contributed by atoms with Gasteiger partial charge < -0.3 is 0 Å². The largest absolute Gasteiger partial charge is 0.265 e. The molecule has 1 aliphatic rings. The van der Waals surface area contributed by atoms with Gasteiger partial charge in [-0.15, -0.1) is 0 Å². The average molecular weight is 625 g/mol. The van der Waals surface area contributed by atoms with E-state index < -0.39 is 5.41 Å². The molecule has 0 bridgehead atoms. The number of fused-ring (bicyclic) bond motifs is 3. The number of nitrogens with zero attached hydrogens (tertiary/aromatic N) is 2. The molecular formula is C47H32N2. The number of hydrogen-bond acceptors (Lipinski definition) is 2. The summed E-state index contributed by atoms with van der Waals surface area (Å²) in [6, 6.07) is 65.3. The zero-order valence-corrected chi connectivity index (χ0v) is 26.9. The van der Waals surface area contributed by atoms with Gasteiger partial charge in [0.2, 0.25) is 0 Å². The van der Waals surface area contributed by atoms with Gasteiger partial charge in [-0.2, -0.15) is 0 Å². The maximum atomic E-state index is 5.22. The molecule has 2 nitrogen and oxygen atoms in total. The molecule has 6 aromatic carbocycles. The lowest BCUT2D eigenvalue weighted by molar-refractivity contribution is 0.766. The molecule has 0 fully saturated rings. The van der Waals surface area contributed by atoms with Gasteiger partial charge in [0.15, 0.2) is 0 Å². The van der Waals surface area contributed by atoms with E-state index in [2.05, 4.69) is 181 Å². The highest BCUT2D eigenvalue weighted by Crippen LogP contribution is 2.56. The van der Waals surface area contributed by atoms with E-state index in [0.29, 0.717) is 0 Å². The molecule has 230 valence electrons. The highest BCUT2D eigenvalue weighted by atomic mass is 14.7. The molecule has 9 rings (SSSR count). The first kappa shape index (κ1) is 28.8. The van der Waals surface area contributed by atoms with E-state index in [1.54, 1.807) is 0 Å². The highest BCUT2D eigenvalue weighted by Gasteiger charge is 2.46. The van der Waals surface area contributed by atoms with E-state index in [0.717, 1.165) is 33.6 Å². The third kappa shape index (κ3) is 4.89. The van der Waals surface area contributed by atoms with Crippen molar-refractivity contribution in [1.82, 2.24) is 9.97 Å². The Hall–Kier alpha value is -6.38. The summed E-state index contributed by atoms with van der Waals surface area (Å²) in [5.41, 5.74) is 15.8. The van der Waals surface area contributed by atoms with Gasteiger partial charge in [0.05, 0.1) is 16.8 Å². The van der Waals surface area contributed by atoms with Crippen molar-refractivity contribution >= 4 is 0 Å². The van der Waals surface area contributed by atoms with Crippen molar-refractivity contribution in [2.45, 2.75) is 5.41 Å². The maximum Gasteiger partial charge on any atom is 0.0715 e. The van der Waals surface area contributed by atoms with Gasteiger partial charge in [0.1, 0.15) is 0 Å². The molecule has 49 heavy (non-hydrogen) atoms.